The van der Waals surface area contributed by atoms with Gasteiger partial charge in [0, 0.05) is 6.04 Å². The molecule has 1 heterocycles. The Labute approximate surface area is 141 Å². The molecule has 1 fully saturated rings. The number of hydrogen-bond acceptors (Lipinski definition) is 5. The SMILES string of the molecule is CC(C)OC(=O)Cc1ccc2nc(NC3CCCCC3)sc2c1. The smallest absolute Gasteiger partial charge is 0.310 e. The largest absolute Gasteiger partial charge is 0.463 e. The number of carbonyl (C=O) groups excluding carboxylic acids is 1. The van der Waals surface area contributed by atoms with E-state index in [1.165, 1.54) is 32.1 Å². The minimum Gasteiger partial charge on any atom is -0.463 e. The highest BCUT2D eigenvalue weighted by Gasteiger charge is 2.15. The van der Waals surface area contributed by atoms with Gasteiger partial charge >= 0.3 is 5.97 Å². The number of benzene rings is 1. The number of esters is 1. The molecule has 0 radical (unpaired) electrons. The normalized spacial score (nSPS) is 16.0. The molecule has 1 aliphatic rings. The second-order valence-electron chi connectivity index (χ2n) is 6.52. The molecule has 0 unspecified atom stereocenters. The first-order valence-electron chi connectivity index (χ1n) is 8.45. The van der Waals surface area contributed by atoms with Gasteiger partial charge in [-0.3, -0.25) is 4.79 Å². The Morgan fingerprint density at radius 3 is 2.87 bits per heavy atom. The van der Waals surface area contributed by atoms with Gasteiger partial charge in [-0.15, -0.1) is 0 Å². The van der Waals surface area contributed by atoms with Crippen molar-refractivity contribution >= 4 is 32.7 Å². The quantitative estimate of drug-likeness (QED) is 0.817. The molecule has 1 saturated carbocycles. The Morgan fingerprint density at radius 2 is 2.13 bits per heavy atom. The molecule has 0 amide bonds. The summed E-state index contributed by atoms with van der Waals surface area (Å²) >= 11 is 1.67. The molecule has 0 atom stereocenters. The number of anilines is 1. The van der Waals surface area contributed by atoms with Crippen molar-refractivity contribution in [3.63, 3.8) is 0 Å². The molecule has 3 rings (SSSR count). The van der Waals surface area contributed by atoms with Crippen LogP contribution in [0.15, 0.2) is 18.2 Å². The third-order valence-electron chi connectivity index (χ3n) is 4.10. The molecule has 1 aromatic carbocycles. The van der Waals surface area contributed by atoms with Crippen molar-refractivity contribution in [1.29, 1.82) is 0 Å². The average molecular weight is 332 g/mol. The molecule has 0 saturated heterocycles. The van der Waals surface area contributed by atoms with Crippen LogP contribution < -0.4 is 5.32 Å². The monoisotopic (exact) mass is 332 g/mol. The van der Waals surface area contributed by atoms with Crippen molar-refractivity contribution in [2.45, 2.75) is 64.5 Å². The molecular formula is C18H24N2O2S. The lowest BCUT2D eigenvalue weighted by Crippen LogP contribution is -2.21. The first kappa shape index (κ1) is 16.2. The number of aromatic nitrogens is 1. The zero-order valence-electron chi connectivity index (χ0n) is 13.8. The number of rotatable bonds is 5. The van der Waals surface area contributed by atoms with E-state index < -0.39 is 0 Å². The van der Waals surface area contributed by atoms with Crippen LogP contribution in [0, 0.1) is 0 Å². The van der Waals surface area contributed by atoms with Crippen LogP contribution in [0.2, 0.25) is 0 Å². The van der Waals surface area contributed by atoms with Crippen LogP contribution in [0.25, 0.3) is 10.2 Å². The number of nitrogens with one attached hydrogen (secondary N) is 1. The second kappa shape index (κ2) is 7.30. The molecule has 23 heavy (non-hydrogen) atoms. The van der Waals surface area contributed by atoms with E-state index >= 15 is 0 Å². The maximum atomic E-state index is 11.8. The van der Waals surface area contributed by atoms with Gasteiger partial charge in [0.25, 0.3) is 0 Å². The standard InChI is InChI=1S/C18H24N2O2S/c1-12(2)22-17(21)11-13-8-9-15-16(10-13)23-18(20-15)19-14-6-4-3-5-7-14/h8-10,12,14H,3-7,11H2,1-2H3,(H,19,20). The van der Waals surface area contributed by atoms with Crippen LogP contribution in [0.4, 0.5) is 5.13 Å². The number of hydrogen-bond donors (Lipinski definition) is 1. The summed E-state index contributed by atoms with van der Waals surface area (Å²) in [5, 5.41) is 4.57. The molecule has 1 aliphatic carbocycles. The minimum absolute atomic E-state index is 0.0686. The van der Waals surface area contributed by atoms with Crippen molar-refractivity contribution in [3.05, 3.63) is 23.8 Å². The lowest BCUT2D eigenvalue weighted by molar-refractivity contribution is -0.146. The Hall–Kier alpha value is -1.62. The third kappa shape index (κ3) is 4.44. The summed E-state index contributed by atoms with van der Waals surface area (Å²) in [4.78, 5) is 16.4. The minimum atomic E-state index is -0.176. The Kier molecular flexibility index (Phi) is 5.16. The van der Waals surface area contributed by atoms with Crippen LogP contribution in [0.5, 0.6) is 0 Å². The van der Waals surface area contributed by atoms with E-state index in [0.717, 1.165) is 20.9 Å². The maximum Gasteiger partial charge on any atom is 0.310 e. The van der Waals surface area contributed by atoms with E-state index in [-0.39, 0.29) is 12.1 Å². The van der Waals surface area contributed by atoms with Crippen LogP contribution in [0.3, 0.4) is 0 Å². The predicted octanol–water partition coefficient (Wildman–Crippen LogP) is 4.54. The van der Waals surface area contributed by atoms with Crippen molar-refractivity contribution in [2.75, 3.05) is 5.32 Å². The number of thiazole rings is 1. The Bertz CT molecular complexity index is 675. The van der Waals surface area contributed by atoms with Gasteiger partial charge in [-0.1, -0.05) is 36.7 Å². The van der Waals surface area contributed by atoms with Crippen LogP contribution in [-0.2, 0) is 16.0 Å². The summed E-state index contributed by atoms with van der Waals surface area (Å²) in [5.41, 5.74) is 1.98. The lowest BCUT2D eigenvalue weighted by atomic mass is 9.96. The molecule has 0 spiro atoms. The van der Waals surface area contributed by atoms with Crippen LogP contribution in [0.1, 0.15) is 51.5 Å². The van der Waals surface area contributed by atoms with Gasteiger partial charge in [-0.25, -0.2) is 4.98 Å². The van der Waals surface area contributed by atoms with Gasteiger partial charge in [0.1, 0.15) is 0 Å². The summed E-state index contributed by atoms with van der Waals surface area (Å²) in [5.74, 6) is -0.176. The molecule has 0 bridgehead atoms. The van der Waals surface area contributed by atoms with E-state index in [1.54, 1.807) is 11.3 Å². The van der Waals surface area contributed by atoms with Crippen molar-refractivity contribution in [2.24, 2.45) is 0 Å². The molecule has 1 N–H and O–H groups in total. The first-order chi connectivity index (χ1) is 11.1. The maximum absolute atomic E-state index is 11.8. The zero-order valence-corrected chi connectivity index (χ0v) is 14.6. The molecule has 4 nitrogen and oxygen atoms in total. The number of fused-ring (bicyclic) bond motifs is 1. The second-order valence-corrected chi connectivity index (χ2v) is 7.55. The topological polar surface area (TPSA) is 51.2 Å². The first-order valence-corrected chi connectivity index (χ1v) is 9.27. The van der Waals surface area contributed by atoms with E-state index in [1.807, 2.05) is 26.0 Å². The molecule has 2 aromatic rings. The number of ether oxygens (including phenoxy) is 1. The van der Waals surface area contributed by atoms with Gasteiger partial charge in [0.2, 0.25) is 0 Å². The van der Waals surface area contributed by atoms with Crippen LogP contribution in [-0.4, -0.2) is 23.1 Å². The lowest BCUT2D eigenvalue weighted by Gasteiger charge is -2.22. The molecular weight excluding hydrogens is 308 g/mol. The van der Waals surface area contributed by atoms with Gasteiger partial charge in [0.05, 0.1) is 22.7 Å². The fraction of sp³-hybridized carbons (Fsp3) is 0.556. The summed E-state index contributed by atoms with van der Waals surface area (Å²) in [6.07, 6.45) is 6.70. The highest BCUT2D eigenvalue weighted by atomic mass is 32.1. The molecule has 1 aromatic heterocycles. The summed E-state index contributed by atoms with van der Waals surface area (Å²) < 4.78 is 6.33. The van der Waals surface area contributed by atoms with Gasteiger partial charge in [0.15, 0.2) is 5.13 Å². The fourth-order valence-electron chi connectivity index (χ4n) is 3.03. The van der Waals surface area contributed by atoms with Gasteiger partial charge in [-0.05, 0) is 44.4 Å². The Balaban J connectivity index is 1.68. The highest BCUT2D eigenvalue weighted by molar-refractivity contribution is 7.22. The Morgan fingerprint density at radius 1 is 1.35 bits per heavy atom. The highest BCUT2D eigenvalue weighted by Crippen LogP contribution is 2.29. The predicted molar refractivity (Wildman–Crippen MR) is 95.0 cm³/mol. The number of carbonyl (C=O) groups is 1. The molecule has 0 aliphatic heterocycles. The van der Waals surface area contributed by atoms with Crippen LogP contribution >= 0.6 is 11.3 Å². The van der Waals surface area contributed by atoms with E-state index in [4.69, 9.17) is 4.74 Å². The van der Waals surface area contributed by atoms with E-state index in [0.29, 0.717) is 12.5 Å². The molecule has 124 valence electrons. The number of nitrogens with zero attached hydrogens (tertiary/aromatic N) is 1. The van der Waals surface area contributed by atoms with Crippen molar-refractivity contribution < 1.29 is 9.53 Å². The summed E-state index contributed by atoms with van der Waals surface area (Å²) in [6.45, 7) is 3.74. The zero-order chi connectivity index (χ0) is 16.2. The fourth-order valence-corrected chi connectivity index (χ4v) is 4.04. The summed E-state index contributed by atoms with van der Waals surface area (Å²) in [7, 11) is 0. The van der Waals surface area contributed by atoms with Crippen molar-refractivity contribution in [3.8, 4) is 0 Å². The van der Waals surface area contributed by atoms with E-state index in [9.17, 15) is 4.79 Å². The van der Waals surface area contributed by atoms with Crippen molar-refractivity contribution in [1.82, 2.24) is 4.98 Å². The third-order valence-corrected chi connectivity index (χ3v) is 5.05. The molecule has 5 heteroatoms. The van der Waals surface area contributed by atoms with Gasteiger partial charge < -0.3 is 10.1 Å². The van der Waals surface area contributed by atoms with E-state index in [2.05, 4.69) is 16.4 Å². The average Bonchev–Trinajstić information content (AvgIpc) is 2.88. The van der Waals surface area contributed by atoms with Gasteiger partial charge in [-0.2, -0.15) is 0 Å². The summed E-state index contributed by atoms with van der Waals surface area (Å²) in [6, 6.07) is 6.58.